The second-order valence-electron chi connectivity index (χ2n) is 6.80. The van der Waals surface area contributed by atoms with E-state index in [2.05, 4.69) is 43.9 Å². The van der Waals surface area contributed by atoms with Gasteiger partial charge in [0.1, 0.15) is 5.82 Å². The highest BCUT2D eigenvalue weighted by Crippen LogP contribution is 2.28. The van der Waals surface area contributed by atoms with Gasteiger partial charge in [0.25, 0.3) is 0 Å². The lowest BCUT2D eigenvalue weighted by molar-refractivity contribution is 0.112. The number of fused-ring (bicyclic) bond motifs is 1. The van der Waals surface area contributed by atoms with Crippen molar-refractivity contribution in [2.45, 2.75) is 39.5 Å². The number of aromatic nitrogens is 1. The van der Waals surface area contributed by atoms with Gasteiger partial charge in [-0.05, 0) is 48.4 Å². The zero-order chi connectivity index (χ0) is 15.7. The molecule has 0 radical (unpaired) electrons. The molecule has 0 amide bonds. The average Bonchev–Trinajstić information content (AvgIpc) is 2.53. The minimum atomic E-state index is 0.479. The normalized spacial score (nSPS) is 16.5. The van der Waals surface area contributed by atoms with Crippen LogP contribution < -0.4 is 4.90 Å². The molecule has 22 heavy (non-hydrogen) atoms. The Bertz CT molecular complexity index is 685. The Morgan fingerprint density at radius 1 is 1.23 bits per heavy atom. The van der Waals surface area contributed by atoms with E-state index in [0.29, 0.717) is 11.5 Å². The molecule has 1 saturated heterocycles. The maximum absolute atomic E-state index is 11.5. The Labute approximate surface area is 132 Å². The van der Waals surface area contributed by atoms with Crippen molar-refractivity contribution in [2.24, 2.45) is 5.92 Å². The summed E-state index contributed by atoms with van der Waals surface area (Å²) < 4.78 is 0. The van der Waals surface area contributed by atoms with Gasteiger partial charge in [0, 0.05) is 18.5 Å². The summed E-state index contributed by atoms with van der Waals surface area (Å²) in [6, 6.07) is 8.37. The zero-order valence-electron chi connectivity index (χ0n) is 13.7. The molecule has 0 aliphatic carbocycles. The van der Waals surface area contributed by atoms with Gasteiger partial charge >= 0.3 is 0 Å². The van der Waals surface area contributed by atoms with Crippen LogP contribution in [0.25, 0.3) is 10.9 Å². The third kappa shape index (κ3) is 2.85. The summed E-state index contributed by atoms with van der Waals surface area (Å²) in [6.45, 7) is 8.63. The Kier molecular flexibility index (Phi) is 4.14. The molecule has 0 spiro atoms. The molecular weight excluding hydrogens is 272 g/mol. The SMILES string of the molecule is CC1CCN(c2nc3ccc(C(C)C)cc3cc2C=O)CC1. The van der Waals surface area contributed by atoms with Crippen LogP contribution in [0.3, 0.4) is 0 Å². The van der Waals surface area contributed by atoms with Crippen LogP contribution in [0, 0.1) is 5.92 Å². The molecule has 0 N–H and O–H groups in total. The molecule has 3 heteroatoms. The van der Waals surface area contributed by atoms with E-state index in [9.17, 15) is 4.79 Å². The Morgan fingerprint density at radius 2 is 1.95 bits per heavy atom. The van der Waals surface area contributed by atoms with Crippen LogP contribution >= 0.6 is 0 Å². The lowest BCUT2D eigenvalue weighted by Gasteiger charge is -2.32. The summed E-state index contributed by atoms with van der Waals surface area (Å²) in [5.74, 6) is 2.10. The molecule has 1 aromatic carbocycles. The number of carbonyl (C=O) groups is 1. The highest BCUT2D eigenvalue weighted by molar-refractivity contribution is 5.92. The van der Waals surface area contributed by atoms with Crippen molar-refractivity contribution >= 4 is 23.0 Å². The largest absolute Gasteiger partial charge is 0.356 e. The monoisotopic (exact) mass is 296 g/mol. The lowest BCUT2D eigenvalue weighted by atomic mass is 9.98. The zero-order valence-corrected chi connectivity index (χ0v) is 13.7. The van der Waals surface area contributed by atoms with E-state index in [-0.39, 0.29) is 0 Å². The van der Waals surface area contributed by atoms with E-state index < -0.39 is 0 Å². The first kappa shape index (κ1) is 15.0. The van der Waals surface area contributed by atoms with Gasteiger partial charge in [-0.2, -0.15) is 0 Å². The highest BCUT2D eigenvalue weighted by atomic mass is 16.1. The summed E-state index contributed by atoms with van der Waals surface area (Å²) in [6.07, 6.45) is 3.29. The molecule has 1 aromatic heterocycles. The Balaban J connectivity index is 2.03. The second-order valence-corrected chi connectivity index (χ2v) is 6.80. The minimum absolute atomic E-state index is 0.479. The van der Waals surface area contributed by atoms with Crippen molar-refractivity contribution in [2.75, 3.05) is 18.0 Å². The minimum Gasteiger partial charge on any atom is -0.356 e. The number of hydrogen-bond donors (Lipinski definition) is 0. The summed E-state index contributed by atoms with van der Waals surface area (Å²) in [7, 11) is 0. The number of pyridine rings is 1. The number of hydrogen-bond acceptors (Lipinski definition) is 3. The summed E-state index contributed by atoms with van der Waals surface area (Å²) in [5.41, 5.74) is 2.97. The number of rotatable bonds is 3. The van der Waals surface area contributed by atoms with Crippen LogP contribution in [0.2, 0.25) is 0 Å². The lowest BCUT2D eigenvalue weighted by Crippen LogP contribution is -2.34. The van der Waals surface area contributed by atoms with Crippen molar-refractivity contribution in [3.8, 4) is 0 Å². The van der Waals surface area contributed by atoms with Crippen molar-refractivity contribution < 1.29 is 4.79 Å². The first-order valence-corrected chi connectivity index (χ1v) is 8.23. The maximum atomic E-state index is 11.5. The fourth-order valence-corrected chi connectivity index (χ4v) is 3.12. The molecule has 2 heterocycles. The average molecular weight is 296 g/mol. The van der Waals surface area contributed by atoms with Gasteiger partial charge in [-0.1, -0.05) is 26.8 Å². The first-order chi connectivity index (χ1) is 10.6. The molecule has 0 unspecified atom stereocenters. The fraction of sp³-hybridized carbons (Fsp3) is 0.474. The van der Waals surface area contributed by atoms with Crippen molar-refractivity contribution in [1.29, 1.82) is 0 Å². The Morgan fingerprint density at radius 3 is 2.59 bits per heavy atom. The quantitative estimate of drug-likeness (QED) is 0.787. The molecule has 116 valence electrons. The van der Waals surface area contributed by atoms with Crippen molar-refractivity contribution in [3.05, 3.63) is 35.4 Å². The summed E-state index contributed by atoms with van der Waals surface area (Å²) in [4.78, 5) is 18.6. The number of piperidine rings is 1. The Hall–Kier alpha value is -1.90. The van der Waals surface area contributed by atoms with E-state index in [1.165, 1.54) is 18.4 Å². The van der Waals surface area contributed by atoms with Gasteiger partial charge in [0.05, 0.1) is 11.1 Å². The molecular formula is C19H24N2O. The first-order valence-electron chi connectivity index (χ1n) is 8.23. The number of carbonyl (C=O) groups excluding carboxylic acids is 1. The summed E-state index contributed by atoms with van der Waals surface area (Å²) in [5, 5.41) is 1.06. The van der Waals surface area contributed by atoms with Crippen LogP contribution in [0.5, 0.6) is 0 Å². The molecule has 3 rings (SSSR count). The smallest absolute Gasteiger partial charge is 0.153 e. The molecule has 0 atom stereocenters. The van der Waals surface area contributed by atoms with Crippen molar-refractivity contribution in [1.82, 2.24) is 4.98 Å². The van der Waals surface area contributed by atoms with Gasteiger partial charge in [-0.3, -0.25) is 4.79 Å². The molecule has 1 fully saturated rings. The van der Waals surface area contributed by atoms with E-state index in [1.54, 1.807) is 0 Å². The predicted octanol–water partition coefficient (Wildman–Crippen LogP) is 4.41. The van der Waals surface area contributed by atoms with E-state index in [4.69, 9.17) is 4.98 Å². The van der Waals surface area contributed by atoms with Crippen LogP contribution in [0.15, 0.2) is 24.3 Å². The van der Waals surface area contributed by atoms with Gasteiger partial charge in [-0.15, -0.1) is 0 Å². The molecule has 3 nitrogen and oxygen atoms in total. The third-order valence-corrected chi connectivity index (χ3v) is 4.72. The van der Waals surface area contributed by atoms with Gasteiger partial charge in [0.2, 0.25) is 0 Å². The van der Waals surface area contributed by atoms with Crippen LogP contribution in [0.1, 0.15) is 55.5 Å². The van der Waals surface area contributed by atoms with E-state index in [0.717, 1.165) is 42.0 Å². The number of benzene rings is 1. The van der Waals surface area contributed by atoms with E-state index >= 15 is 0 Å². The van der Waals surface area contributed by atoms with Crippen LogP contribution in [-0.4, -0.2) is 24.4 Å². The fourth-order valence-electron chi connectivity index (χ4n) is 3.12. The van der Waals surface area contributed by atoms with Gasteiger partial charge < -0.3 is 4.90 Å². The predicted molar refractivity (Wildman–Crippen MR) is 91.8 cm³/mol. The number of anilines is 1. The van der Waals surface area contributed by atoms with Crippen LogP contribution in [-0.2, 0) is 0 Å². The van der Waals surface area contributed by atoms with Crippen LogP contribution in [0.4, 0.5) is 5.82 Å². The number of aldehydes is 1. The van der Waals surface area contributed by atoms with E-state index in [1.807, 2.05) is 6.07 Å². The van der Waals surface area contributed by atoms with Gasteiger partial charge in [-0.25, -0.2) is 4.98 Å². The van der Waals surface area contributed by atoms with Gasteiger partial charge in [0.15, 0.2) is 6.29 Å². The topological polar surface area (TPSA) is 33.2 Å². The molecule has 1 aliphatic heterocycles. The van der Waals surface area contributed by atoms with Crippen molar-refractivity contribution in [3.63, 3.8) is 0 Å². The standard InChI is InChI=1S/C19H24N2O/c1-13(2)15-4-5-18-16(10-15)11-17(12-22)19(20-18)21-8-6-14(3)7-9-21/h4-5,10-14H,6-9H2,1-3H3. The molecule has 0 bridgehead atoms. The summed E-state index contributed by atoms with van der Waals surface area (Å²) >= 11 is 0. The molecule has 2 aromatic rings. The molecule has 1 aliphatic rings. The maximum Gasteiger partial charge on any atom is 0.153 e. The third-order valence-electron chi connectivity index (χ3n) is 4.72. The number of nitrogens with zero attached hydrogens (tertiary/aromatic N) is 2. The molecule has 0 saturated carbocycles. The highest BCUT2D eigenvalue weighted by Gasteiger charge is 2.20. The second kappa shape index (κ2) is 6.07.